The van der Waals surface area contributed by atoms with Gasteiger partial charge in [0.15, 0.2) is 5.84 Å². The van der Waals surface area contributed by atoms with E-state index in [1.165, 1.54) is 35.0 Å². The third-order valence-corrected chi connectivity index (χ3v) is 6.61. The number of aryl methyl sites for hydroxylation is 2. The first-order valence-corrected chi connectivity index (χ1v) is 13.7. The molecule has 2 amide bonds. The molecule has 2 aromatic carbocycles. The molecule has 1 aliphatic rings. The Morgan fingerprint density at radius 3 is 2.59 bits per heavy atom. The van der Waals surface area contributed by atoms with Crippen LogP contribution in [-0.2, 0) is 11.2 Å². The van der Waals surface area contributed by atoms with Gasteiger partial charge in [-0.1, -0.05) is 38.0 Å². The summed E-state index contributed by atoms with van der Waals surface area (Å²) in [6.45, 7) is 10.8. The maximum Gasteiger partial charge on any atom is 0.346 e. The predicted octanol–water partition coefficient (Wildman–Crippen LogP) is 6.87. The first-order chi connectivity index (χ1) is 17.8. The van der Waals surface area contributed by atoms with Crippen LogP contribution in [0.1, 0.15) is 62.3 Å². The summed E-state index contributed by atoms with van der Waals surface area (Å²) in [4.78, 5) is 36.0. The number of unbranched alkanes of at least 4 members (excludes halogenated alkanes) is 1. The maximum absolute atomic E-state index is 12.1. The van der Waals surface area contributed by atoms with Crippen molar-refractivity contribution in [3.63, 3.8) is 0 Å². The van der Waals surface area contributed by atoms with Crippen molar-refractivity contribution in [3.05, 3.63) is 58.7 Å². The fraction of sp³-hybridized carbons (Fsp3) is 0.414. The fourth-order valence-electron chi connectivity index (χ4n) is 3.52. The standard InChI is InChI=1S/C20H28N4O2S.C9H11N/c1-6-8-11-22-19(21-5)16-9-10-18(14(3)12-16)24-20(26)23-15(4)27-13-17(25)7-2;1-7-2-3-9-8(6-7)4-5-10-9/h9-12H,6-8,13H2,1-5H3,(H,24,26);2-3,6,10H,4-5H2,1H3/b21-19?,22-11?,23-15-;. The van der Waals surface area contributed by atoms with Crippen molar-refractivity contribution in [1.82, 2.24) is 0 Å². The van der Waals surface area contributed by atoms with E-state index < -0.39 is 6.03 Å². The number of carbonyl (C=O) groups excluding carboxylic acids is 2. The molecule has 0 saturated carbocycles. The number of benzene rings is 2. The summed E-state index contributed by atoms with van der Waals surface area (Å²) in [5.74, 6) is 1.14. The van der Waals surface area contributed by atoms with Crippen LogP contribution < -0.4 is 10.6 Å². The number of hydrogen-bond acceptors (Lipinski definition) is 5. The molecular weight excluding hydrogens is 482 g/mol. The van der Waals surface area contributed by atoms with Crippen LogP contribution in [0, 0.1) is 13.8 Å². The van der Waals surface area contributed by atoms with Crippen molar-refractivity contribution in [1.29, 1.82) is 0 Å². The Hall–Kier alpha value is -3.26. The average Bonchev–Trinajstić information content (AvgIpc) is 3.34. The molecule has 0 fully saturated rings. The maximum atomic E-state index is 12.1. The van der Waals surface area contributed by atoms with E-state index in [1.807, 2.05) is 38.3 Å². The topological polar surface area (TPSA) is 95.3 Å². The second-order valence-corrected chi connectivity index (χ2v) is 9.92. The first-order valence-electron chi connectivity index (χ1n) is 12.7. The highest BCUT2D eigenvalue weighted by atomic mass is 32.2. The van der Waals surface area contributed by atoms with Crippen molar-refractivity contribution in [3.8, 4) is 0 Å². The molecule has 0 unspecified atom stereocenters. The number of thioether (sulfide) groups is 1. The van der Waals surface area contributed by atoms with Crippen LogP contribution in [0.3, 0.4) is 0 Å². The molecule has 37 heavy (non-hydrogen) atoms. The summed E-state index contributed by atoms with van der Waals surface area (Å²) in [6, 6.07) is 11.8. The van der Waals surface area contributed by atoms with Crippen molar-refractivity contribution < 1.29 is 9.59 Å². The van der Waals surface area contributed by atoms with Crippen LogP contribution in [0.5, 0.6) is 0 Å². The molecule has 0 atom stereocenters. The number of nitrogens with zero attached hydrogens (tertiary/aromatic N) is 3. The van der Waals surface area contributed by atoms with E-state index in [0.29, 0.717) is 28.7 Å². The second kappa shape index (κ2) is 15.8. The number of Topliss-reactive ketones (excluding diaryl/α,β-unsaturated/α-hetero) is 1. The van der Waals surface area contributed by atoms with Crippen LogP contribution in [0.25, 0.3) is 0 Å². The van der Waals surface area contributed by atoms with Crippen LogP contribution in [0.2, 0.25) is 0 Å². The molecule has 0 aromatic heterocycles. The van der Waals surface area contributed by atoms with E-state index in [9.17, 15) is 9.59 Å². The van der Waals surface area contributed by atoms with Crippen molar-refractivity contribution >= 4 is 52.0 Å². The number of amidine groups is 1. The van der Waals surface area contributed by atoms with E-state index in [2.05, 4.69) is 57.7 Å². The van der Waals surface area contributed by atoms with E-state index >= 15 is 0 Å². The lowest BCUT2D eigenvalue weighted by molar-refractivity contribution is -0.116. The summed E-state index contributed by atoms with van der Waals surface area (Å²) in [5.41, 5.74) is 6.64. The number of fused-ring (bicyclic) bond motifs is 1. The van der Waals surface area contributed by atoms with Gasteiger partial charge in [-0.15, -0.1) is 11.8 Å². The number of anilines is 2. The number of aliphatic imine (C=N–C) groups is 3. The lowest BCUT2D eigenvalue weighted by Gasteiger charge is -2.09. The van der Waals surface area contributed by atoms with Gasteiger partial charge >= 0.3 is 6.03 Å². The smallest absolute Gasteiger partial charge is 0.346 e. The van der Waals surface area contributed by atoms with Crippen molar-refractivity contribution in [2.45, 2.75) is 60.3 Å². The summed E-state index contributed by atoms with van der Waals surface area (Å²) in [5, 5.41) is 6.67. The minimum absolute atomic E-state index is 0.136. The Labute approximate surface area is 225 Å². The number of hydrogen-bond donors (Lipinski definition) is 2. The fourth-order valence-corrected chi connectivity index (χ4v) is 4.25. The molecule has 1 heterocycles. The zero-order chi connectivity index (χ0) is 27.2. The van der Waals surface area contributed by atoms with Gasteiger partial charge in [0.2, 0.25) is 0 Å². The highest BCUT2D eigenvalue weighted by molar-refractivity contribution is 8.14. The van der Waals surface area contributed by atoms with Crippen molar-refractivity contribution in [2.24, 2.45) is 15.0 Å². The van der Waals surface area contributed by atoms with E-state index in [0.717, 1.165) is 30.5 Å². The Morgan fingerprint density at radius 2 is 1.92 bits per heavy atom. The third kappa shape index (κ3) is 10.3. The van der Waals surface area contributed by atoms with Gasteiger partial charge in [0.25, 0.3) is 0 Å². The average molecular weight is 522 g/mol. The van der Waals surface area contributed by atoms with Gasteiger partial charge in [-0.3, -0.25) is 9.79 Å². The van der Waals surface area contributed by atoms with Gasteiger partial charge in [0.05, 0.1) is 10.8 Å². The lowest BCUT2D eigenvalue weighted by Crippen LogP contribution is -2.10. The third-order valence-electron chi connectivity index (χ3n) is 5.64. The summed E-state index contributed by atoms with van der Waals surface area (Å²) >= 11 is 1.28. The molecule has 1 aliphatic heterocycles. The summed E-state index contributed by atoms with van der Waals surface area (Å²) in [7, 11) is 1.71. The van der Waals surface area contributed by atoms with E-state index in [1.54, 1.807) is 14.0 Å². The van der Waals surface area contributed by atoms with Crippen LogP contribution in [0.15, 0.2) is 51.4 Å². The quantitative estimate of drug-likeness (QED) is 0.307. The number of rotatable bonds is 7. The molecule has 0 saturated heterocycles. The largest absolute Gasteiger partial charge is 0.384 e. The summed E-state index contributed by atoms with van der Waals surface area (Å²) in [6.07, 6.45) is 5.49. The van der Waals surface area contributed by atoms with Gasteiger partial charge in [-0.25, -0.2) is 9.79 Å². The van der Waals surface area contributed by atoms with Gasteiger partial charge in [-0.2, -0.15) is 4.99 Å². The molecule has 0 spiro atoms. The van der Waals surface area contributed by atoms with Gasteiger partial charge in [0, 0.05) is 43.2 Å². The summed E-state index contributed by atoms with van der Waals surface area (Å²) < 4.78 is 0. The molecule has 7 nitrogen and oxygen atoms in total. The monoisotopic (exact) mass is 521 g/mol. The van der Waals surface area contributed by atoms with Crippen LogP contribution >= 0.6 is 11.8 Å². The molecule has 2 N–H and O–H groups in total. The minimum Gasteiger partial charge on any atom is -0.384 e. The number of amides is 2. The minimum atomic E-state index is -0.454. The molecule has 0 bridgehead atoms. The number of carbonyl (C=O) groups is 2. The molecule has 3 rings (SSSR count). The first kappa shape index (κ1) is 30.0. The van der Waals surface area contributed by atoms with E-state index in [-0.39, 0.29) is 5.78 Å². The zero-order valence-electron chi connectivity index (χ0n) is 22.9. The molecule has 0 radical (unpaired) electrons. The normalized spacial score (nSPS) is 13.0. The number of ketones is 1. The molecule has 2 aromatic rings. The van der Waals surface area contributed by atoms with Crippen LogP contribution in [0.4, 0.5) is 16.2 Å². The SMILES string of the molecule is CCCC=NC(=NC)c1ccc(NC(=O)/N=C(/C)SCC(=O)CC)c(C)c1.Cc1ccc2c(c1)CCN2. The number of nitrogens with one attached hydrogen (secondary N) is 2. The molecular formula is C29H39N5O2S. The Morgan fingerprint density at radius 1 is 1.14 bits per heavy atom. The number of urea groups is 1. The Bertz CT molecular complexity index is 1170. The molecule has 198 valence electrons. The highest BCUT2D eigenvalue weighted by Gasteiger charge is 2.09. The van der Waals surface area contributed by atoms with E-state index in [4.69, 9.17) is 0 Å². The Kier molecular flexibility index (Phi) is 12.8. The predicted molar refractivity (Wildman–Crippen MR) is 160 cm³/mol. The van der Waals surface area contributed by atoms with Crippen molar-refractivity contribution in [2.75, 3.05) is 30.0 Å². The zero-order valence-corrected chi connectivity index (χ0v) is 23.7. The highest BCUT2D eigenvalue weighted by Crippen LogP contribution is 2.22. The van der Waals surface area contributed by atoms with Crippen LogP contribution in [-0.4, -0.2) is 48.3 Å². The molecule has 8 heteroatoms. The second-order valence-electron chi connectivity index (χ2n) is 8.76. The van der Waals surface area contributed by atoms with Gasteiger partial charge in [-0.05, 0) is 69.0 Å². The van der Waals surface area contributed by atoms with Gasteiger partial charge in [0.1, 0.15) is 5.78 Å². The lowest BCUT2D eigenvalue weighted by atomic mass is 10.1. The molecule has 0 aliphatic carbocycles. The Balaban J connectivity index is 0.000000394. The van der Waals surface area contributed by atoms with Gasteiger partial charge < -0.3 is 10.6 Å².